The van der Waals surface area contributed by atoms with Crippen molar-refractivity contribution in [2.24, 2.45) is 0 Å². The predicted molar refractivity (Wildman–Crippen MR) is 118 cm³/mol. The molecule has 32 heavy (non-hydrogen) atoms. The molecule has 0 spiro atoms. The second-order valence-corrected chi connectivity index (χ2v) is 7.81. The van der Waals surface area contributed by atoms with Crippen LogP contribution in [0.5, 0.6) is 11.6 Å². The van der Waals surface area contributed by atoms with E-state index in [1.54, 1.807) is 42.6 Å². The van der Waals surface area contributed by atoms with Crippen molar-refractivity contribution in [3.8, 4) is 11.6 Å². The van der Waals surface area contributed by atoms with Crippen LogP contribution in [0.25, 0.3) is 0 Å². The molecule has 0 bridgehead atoms. The fourth-order valence-corrected chi connectivity index (χ4v) is 3.78. The van der Waals surface area contributed by atoms with Crippen molar-refractivity contribution < 1.29 is 18.3 Å². The number of hydrogen-bond acceptors (Lipinski definition) is 4. The van der Waals surface area contributed by atoms with Gasteiger partial charge in [0.25, 0.3) is 5.91 Å². The van der Waals surface area contributed by atoms with Crippen LogP contribution in [0.2, 0.25) is 0 Å². The number of nitrogens with one attached hydrogen (secondary N) is 1. The number of hydrogen-bond donors (Lipinski definition) is 1. The smallest absolute Gasteiger partial charge is 0.253 e. The molecule has 1 aliphatic rings. The topological polar surface area (TPSA) is 54.5 Å². The molecular formula is C25H25F2N3O2. The molecule has 2 aromatic carbocycles. The van der Waals surface area contributed by atoms with Gasteiger partial charge in [-0.15, -0.1) is 0 Å². The molecule has 1 fully saturated rings. The van der Waals surface area contributed by atoms with E-state index in [0.717, 1.165) is 24.5 Å². The summed E-state index contributed by atoms with van der Waals surface area (Å²) in [5.74, 6) is -0.496. The molecule has 0 aliphatic carbocycles. The Labute approximate surface area is 186 Å². The van der Waals surface area contributed by atoms with E-state index in [-0.39, 0.29) is 5.91 Å². The van der Waals surface area contributed by atoms with E-state index >= 15 is 0 Å². The molecule has 2 heterocycles. The number of nitrogens with zero attached hydrogens (tertiary/aromatic N) is 2. The molecule has 1 saturated heterocycles. The standard InChI is InChI=1S/C25H25F2N3O2/c26-22-9-4-18(17-23(22)27)10-14-28-20-11-15-30(16-12-20)25(31)19-5-7-21(8-6-19)32-24-3-1-2-13-29-24/h1-9,13,17,20,28H,10-12,14-16H2. The summed E-state index contributed by atoms with van der Waals surface area (Å²) in [6.45, 7) is 2.03. The Hall–Kier alpha value is -3.32. The van der Waals surface area contributed by atoms with Gasteiger partial charge in [-0.1, -0.05) is 12.1 Å². The molecule has 5 nitrogen and oxygen atoms in total. The van der Waals surface area contributed by atoms with Crippen LogP contribution in [0, 0.1) is 11.6 Å². The van der Waals surface area contributed by atoms with Crippen molar-refractivity contribution in [3.63, 3.8) is 0 Å². The van der Waals surface area contributed by atoms with Crippen LogP contribution in [-0.4, -0.2) is 41.5 Å². The van der Waals surface area contributed by atoms with Gasteiger partial charge in [-0.2, -0.15) is 0 Å². The maximum atomic E-state index is 13.3. The number of likely N-dealkylation sites (tertiary alicyclic amines) is 1. The zero-order chi connectivity index (χ0) is 22.3. The Balaban J connectivity index is 1.22. The van der Waals surface area contributed by atoms with Crippen molar-refractivity contribution in [2.45, 2.75) is 25.3 Å². The minimum Gasteiger partial charge on any atom is -0.439 e. The third kappa shape index (κ3) is 5.68. The van der Waals surface area contributed by atoms with Crippen molar-refractivity contribution in [1.82, 2.24) is 15.2 Å². The van der Waals surface area contributed by atoms with E-state index in [9.17, 15) is 13.6 Å². The van der Waals surface area contributed by atoms with Crippen molar-refractivity contribution >= 4 is 5.91 Å². The van der Waals surface area contributed by atoms with Gasteiger partial charge in [-0.05, 0) is 73.8 Å². The Morgan fingerprint density at radius 2 is 1.81 bits per heavy atom. The summed E-state index contributed by atoms with van der Waals surface area (Å²) in [5.41, 5.74) is 1.39. The molecule has 3 aromatic rings. The number of pyridine rings is 1. The fraction of sp³-hybridized carbons (Fsp3) is 0.280. The Morgan fingerprint density at radius 3 is 2.50 bits per heavy atom. The number of amides is 1. The van der Waals surface area contributed by atoms with Crippen molar-refractivity contribution in [3.05, 3.63) is 89.6 Å². The minimum atomic E-state index is -0.825. The van der Waals surface area contributed by atoms with E-state index in [2.05, 4.69) is 10.3 Å². The number of aromatic nitrogens is 1. The van der Waals surface area contributed by atoms with Crippen LogP contribution in [0.15, 0.2) is 66.9 Å². The number of halogens is 2. The molecule has 7 heteroatoms. The van der Waals surface area contributed by atoms with Gasteiger partial charge in [-0.3, -0.25) is 4.79 Å². The summed E-state index contributed by atoms with van der Waals surface area (Å²) in [4.78, 5) is 18.8. The van der Waals surface area contributed by atoms with Crippen molar-refractivity contribution in [2.75, 3.05) is 19.6 Å². The average molecular weight is 437 g/mol. The summed E-state index contributed by atoms with van der Waals surface area (Å²) < 4.78 is 32.0. The second-order valence-electron chi connectivity index (χ2n) is 7.81. The maximum absolute atomic E-state index is 13.3. The first-order valence-electron chi connectivity index (χ1n) is 10.7. The molecule has 0 radical (unpaired) electrons. The quantitative estimate of drug-likeness (QED) is 0.588. The zero-order valence-electron chi connectivity index (χ0n) is 17.6. The van der Waals surface area contributed by atoms with Gasteiger partial charge < -0.3 is 15.0 Å². The number of benzene rings is 2. The van der Waals surface area contributed by atoms with Gasteiger partial charge in [0, 0.05) is 37.0 Å². The molecule has 1 N–H and O–H groups in total. The molecule has 166 valence electrons. The average Bonchev–Trinajstić information content (AvgIpc) is 2.82. The Kier molecular flexibility index (Phi) is 7.07. The SMILES string of the molecule is O=C(c1ccc(Oc2ccccn2)cc1)N1CCC(NCCc2ccc(F)c(F)c2)CC1. The third-order valence-corrected chi connectivity index (χ3v) is 5.57. The highest BCUT2D eigenvalue weighted by Crippen LogP contribution is 2.21. The largest absolute Gasteiger partial charge is 0.439 e. The first-order chi connectivity index (χ1) is 15.6. The molecular weight excluding hydrogens is 412 g/mol. The van der Waals surface area contributed by atoms with Gasteiger partial charge in [0.15, 0.2) is 11.6 Å². The second kappa shape index (κ2) is 10.3. The third-order valence-electron chi connectivity index (χ3n) is 5.57. The van der Waals surface area contributed by atoms with Gasteiger partial charge in [0.2, 0.25) is 5.88 Å². The predicted octanol–water partition coefficient (Wildman–Crippen LogP) is 4.59. The molecule has 0 saturated carbocycles. The zero-order valence-corrected chi connectivity index (χ0v) is 17.6. The number of piperidine rings is 1. The number of ether oxygens (including phenoxy) is 1. The lowest BCUT2D eigenvalue weighted by molar-refractivity contribution is 0.0705. The van der Waals surface area contributed by atoms with Gasteiger partial charge in [0.1, 0.15) is 5.75 Å². The van der Waals surface area contributed by atoms with Crippen LogP contribution in [0.1, 0.15) is 28.8 Å². The fourth-order valence-electron chi connectivity index (χ4n) is 3.78. The van der Waals surface area contributed by atoms with E-state index in [4.69, 9.17) is 4.74 Å². The van der Waals surface area contributed by atoms with E-state index in [0.29, 0.717) is 49.3 Å². The number of rotatable bonds is 7. The molecule has 4 rings (SSSR count). The lowest BCUT2D eigenvalue weighted by Gasteiger charge is -2.32. The Bertz CT molecular complexity index is 1040. The highest BCUT2D eigenvalue weighted by atomic mass is 19.2. The number of carbonyl (C=O) groups excluding carboxylic acids is 1. The van der Waals surface area contributed by atoms with Gasteiger partial charge in [-0.25, -0.2) is 13.8 Å². The van der Waals surface area contributed by atoms with Crippen LogP contribution in [-0.2, 0) is 6.42 Å². The number of carbonyl (C=O) groups is 1. The van der Waals surface area contributed by atoms with Crippen LogP contribution < -0.4 is 10.1 Å². The minimum absolute atomic E-state index is 0.00891. The summed E-state index contributed by atoms with van der Waals surface area (Å²) in [6.07, 6.45) is 3.99. The molecule has 1 aliphatic heterocycles. The van der Waals surface area contributed by atoms with Crippen LogP contribution in [0.3, 0.4) is 0 Å². The summed E-state index contributed by atoms with van der Waals surface area (Å²) >= 11 is 0. The monoisotopic (exact) mass is 437 g/mol. The van der Waals surface area contributed by atoms with E-state index < -0.39 is 11.6 Å². The summed E-state index contributed by atoms with van der Waals surface area (Å²) in [7, 11) is 0. The maximum Gasteiger partial charge on any atom is 0.253 e. The molecule has 0 atom stereocenters. The van der Waals surface area contributed by atoms with Crippen LogP contribution in [0.4, 0.5) is 8.78 Å². The summed E-state index contributed by atoms with van der Waals surface area (Å²) in [5, 5.41) is 3.46. The first kappa shape index (κ1) is 21.9. The molecule has 1 aromatic heterocycles. The molecule has 0 unspecified atom stereocenters. The summed E-state index contributed by atoms with van der Waals surface area (Å²) in [6, 6.07) is 16.8. The molecule has 1 amide bonds. The first-order valence-corrected chi connectivity index (χ1v) is 10.7. The normalized spacial score (nSPS) is 14.4. The van der Waals surface area contributed by atoms with Gasteiger partial charge in [0.05, 0.1) is 0 Å². The highest BCUT2D eigenvalue weighted by Gasteiger charge is 2.23. The van der Waals surface area contributed by atoms with E-state index in [1.807, 2.05) is 17.0 Å². The lowest BCUT2D eigenvalue weighted by Crippen LogP contribution is -2.45. The van der Waals surface area contributed by atoms with Gasteiger partial charge >= 0.3 is 0 Å². The lowest BCUT2D eigenvalue weighted by atomic mass is 10.0. The van der Waals surface area contributed by atoms with Crippen LogP contribution >= 0.6 is 0 Å². The van der Waals surface area contributed by atoms with Crippen molar-refractivity contribution in [1.29, 1.82) is 0 Å². The Morgan fingerprint density at radius 1 is 1.03 bits per heavy atom. The highest BCUT2D eigenvalue weighted by molar-refractivity contribution is 5.94. The van der Waals surface area contributed by atoms with E-state index in [1.165, 1.54) is 6.07 Å².